The molecule has 42 valence electrons. The van der Waals surface area contributed by atoms with Crippen LogP contribution in [0.1, 0.15) is 20.3 Å². The van der Waals surface area contributed by atoms with Crippen molar-refractivity contribution in [3.8, 4) is 0 Å². The maximum Gasteiger partial charge on any atom is 0.158 e. The molecule has 2 heteroatoms. The largest absolute Gasteiger partial charge is 0.385 e. The Hall–Kier alpha value is -0.370. The van der Waals surface area contributed by atoms with Crippen molar-refractivity contribution < 1.29 is 9.90 Å². The van der Waals surface area contributed by atoms with Gasteiger partial charge in [-0.1, -0.05) is 6.92 Å². The van der Waals surface area contributed by atoms with Gasteiger partial charge in [0.15, 0.2) is 5.78 Å². The van der Waals surface area contributed by atoms with Gasteiger partial charge in [0, 0.05) is 0 Å². The summed E-state index contributed by atoms with van der Waals surface area (Å²) in [5, 5.41) is 8.59. The van der Waals surface area contributed by atoms with E-state index in [1.807, 2.05) is 0 Å². The average molecular weight is 102 g/mol. The molecule has 1 atom stereocenters. The SMILES string of the molecule is CC[C@@H](O)C(C)=O. The molecule has 1 N–H and O–H groups in total. The van der Waals surface area contributed by atoms with Gasteiger partial charge in [-0.3, -0.25) is 4.79 Å². The molecule has 0 aliphatic carbocycles. The van der Waals surface area contributed by atoms with Gasteiger partial charge < -0.3 is 5.11 Å². The molecule has 0 unspecified atom stereocenters. The van der Waals surface area contributed by atoms with Crippen LogP contribution in [0.3, 0.4) is 0 Å². The van der Waals surface area contributed by atoms with E-state index in [0.717, 1.165) is 0 Å². The van der Waals surface area contributed by atoms with Crippen LogP contribution in [-0.2, 0) is 4.79 Å². The quantitative estimate of drug-likeness (QED) is 0.546. The molecule has 0 spiro atoms. The minimum Gasteiger partial charge on any atom is -0.385 e. The van der Waals surface area contributed by atoms with Crippen molar-refractivity contribution >= 4 is 5.78 Å². The zero-order valence-corrected chi connectivity index (χ0v) is 4.64. The van der Waals surface area contributed by atoms with E-state index in [2.05, 4.69) is 0 Å². The van der Waals surface area contributed by atoms with E-state index in [4.69, 9.17) is 5.11 Å². The fourth-order valence-corrected chi connectivity index (χ4v) is 0.287. The highest BCUT2D eigenvalue weighted by atomic mass is 16.3. The van der Waals surface area contributed by atoms with Crippen molar-refractivity contribution in [1.82, 2.24) is 0 Å². The number of hydrogen-bond acceptors (Lipinski definition) is 2. The summed E-state index contributed by atoms with van der Waals surface area (Å²) in [6.07, 6.45) is -0.213. The zero-order valence-electron chi connectivity index (χ0n) is 4.64. The third-order valence-corrected chi connectivity index (χ3v) is 0.856. The monoisotopic (exact) mass is 102 g/mol. The number of aliphatic hydroxyl groups is 1. The Kier molecular flexibility index (Phi) is 2.60. The Morgan fingerprint density at radius 3 is 2.29 bits per heavy atom. The molecular weight excluding hydrogens is 92.1 g/mol. The first-order valence-corrected chi connectivity index (χ1v) is 2.37. The zero-order chi connectivity index (χ0) is 5.86. The highest BCUT2D eigenvalue weighted by Crippen LogP contribution is 1.88. The molecule has 0 fully saturated rings. The normalized spacial score (nSPS) is 13.6. The maximum atomic E-state index is 10.1. The molecule has 0 rings (SSSR count). The molecule has 0 saturated heterocycles. The van der Waals surface area contributed by atoms with Crippen LogP contribution in [0.5, 0.6) is 0 Å². The van der Waals surface area contributed by atoms with Crippen molar-refractivity contribution in [2.24, 2.45) is 0 Å². The van der Waals surface area contributed by atoms with Crippen molar-refractivity contribution in [3.05, 3.63) is 0 Å². The summed E-state index contributed by atoms with van der Waals surface area (Å²) in [5.74, 6) is -0.150. The number of rotatable bonds is 2. The van der Waals surface area contributed by atoms with Crippen molar-refractivity contribution in [2.75, 3.05) is 0 Å². The van der Waals surface area contributed by atoms with E-state index in [-0.39, 0.29) is 5.78 Å². The molecule has 0 amide bonds. The van der Waals surface area contributed by atoms with E-state index in [1.54, 1.807) is 6.92 Å². The van der Waals surface area contributed by atoms with E-state index in [1.165, 1.54) is 6.92 Å². The smallest absolute Gasteiger partial charge is 0.158 e. The summed E-state index contributed by atoms with van der Waals surface area (Å²) >= 11 is 0. The van der Waals surface area contributed by atoms with Crippen molar-refractivity contribution in [1.29, 1.82) is 0 Å². The van der Waals surface area contributed by atoms with Crippen LogP contribution in [0.15, 0.2) is 0 Å². The highest BCUT2D eigenvalue weighted by molar-refractivity contribution is 5.79. The summed E-state index contributed by atoms with van der Waals surface area (Å²) in [5.41, 5.74) is 0. The third-order valence-electron chi connectivity index (χ3n) is 0.856. The maximum absolute atomic E-state index is 10.1. The lowest BCUT2D eigenvalue weighted by atomic mass is 10.2. The van der Waals surface area contributed by atoms with Gasteiger partial charge >= 0.3 is 0 Å². The molecule has 0 aliphatic rings. The summed E-state index contributed by atoms with van der Waals surface area (Å²) < 4.78 is 0. The van der Waals surface area contributed by atoms with Crippen LogP contribution in [-0.4, -0.2) is 17.0 Å². The van der Waals surface area contributed by atoms with Gasteiger partial charge in [0.25, 0.3) is 0 Å². The number of carbonyl (C=O) groups excluding carboxylic acids is 1. The molecule has 0 radical (unpaired) electrons. The van der Waals surface area contributed by atoms with Crippen LogP contribution in [0.2, 0.25) is 0 Å². The lowest BCUT2D eigenvalue weighted by molar-refractivity contribution is -0.124. The predicted molar refractivity (Wildman–Crippen MR) is 27.0 cm³/mol. The Bertz CT molecular complexity index is 68.5. The van der Waals surface area contributed by atoms with Gasteiger partial charge in [-0.2, -0.15) is 0 Å². The average Bonchev–Trinajstić information content (AvgIpc) is 1.65. The van der Waals surface area contributed by atoms with Crippen LogP contribution in [0.4, 0.5) is 0 Å². The van der Waals surface area contributed by atoms with Gasteiger partial charge in [0.1, 0.15) is 6.10 Å². The molecule has 0 bridgehead atoms. The molecule has 0 aromatic heterocycles. The Labute approximate surface area is 43.2 Å². The molecular formula is C5H10O2. The summed E-state index contributed by atoms with van der Waals surface area (Å²) in [6, 6.07) is 0. The number of ketones is 1. The van der Waals surface area contributed by atoms with Gasteiger partial charge in [0.05, 0.1) is 0 Å². The summed E-state index contributed by atoms with van der Waals surface area (Å²) in [4.78, 5) is 10.1. The van der Waals surface area contributed by atoms with E-state index in [9.17, 15) is 4.79 Å². The van der Waals surface area contributed by atoms with Gasteiger partial charge in [0.2, 0.25) is 0 Å². The number of carbonyl (C=O) groups is 1. The number of hydrogen-bond donors (Lipinski definition) is 1. The highest BCUT2D eigenvalue weighted by Gasteiger charge is 2.03. The fourth-order valence-electron chi connectivity index (χ4n) is 0.287. The third kappa shape index (κ3) is 2.34. The van der Waals surface area contributed by atoms with Crippen molar-refractivity contribution in [3.63, 3.8) is 0 Å². The second-order valence-electron chi connectivity index (χ2n) is 1.53. The Morgan fingerprint density at radius 2 is 2.29 bits per heavy atom. The van der Waals surface area contributed by atoms with Crippen LogP contribution >= 0.6 is 0 Å². The minimum absolute atomic E-state index is 0.150. The molecule has 0 heterocycles. The number of Topliss-reactive ketones (excluding diaryl/α,β-unsaturated/α-hetero) is 1. The van der Waals surface area contributed by atoms with Gasteiger partial charge in [-0.25, -0.2) is 0 Å². The molecule has 7 heavy (non-hydrogen) atoms. The first-order valence-electron chi connectivity index (χ1n) is 2.37. The predicted octanol–water partition coefficient (Wildman–Crippen LogP) is 0.346. The molecule has 0 saturated carbocycles. The van der Waals surface area contributed by atoms with E-state index in [0.29, 0.717) is 6.42 Å². The van der Waals surface area contributed by atoms with Crippen molar-refractivity contribution in [2.45, 2.75) is 26.4 Å². The molecule has 0 aromatic carbocycles. The van der Waals surface area contributed by atoms with E-state index >= 15 is 0 Å². The lowest BCUT2D eigenvalue weighted by Gasteiger charge is -1.97. The standard InChI is InChI=1S/C5H10O2/c1-3-5(7)4(2)6/h5,7H,3H2,1-2H3/t5-/m1/s1. The van der Waals surface area contributed by atoms with Crippen LogP contribution in [0.25, 0.3) is 0 Å². The van der Waals surface area contributed by atoms with Gasteiger partial charge in [-0.15, -0.1) is 0 Å². The molecule has 0 aromatic rings. The second kappa shape index (κ2) is 2.75. The fraction of sp³-hybridized carbons (Fsp3) is 0.800. The molecule has 2 nitrogen and oxygen atoms in total. The Morgan fingerprint density at radius 1 is 1.86 bits per heavy atom. The van der Waals surface area contributed by atoms with E-state index < -0.39 is 6.10 Å². The van der Waals surface area contributed by atoms with Crippen LogP contribution < -0.4 is 0 Å². The number of aliphatic hydroxyl groups excluding tert-OH is 1. The first kappa shape index (κ1) is 6.63. The summed E-state index contributed by atoms with van der Waals surface area (Å²) in [7, 11) is 0. The van der Waals surface area contributed by atoms with Gasteiger partial charge in [-0.05, 0) is 13.3 Å². The van der Waals surface area contributed by atoms with Crippen LogP contribution in [0, 0.1) is 0 Å². The molecule has 0 aliphatic heterocycles. The Balaban J connectivity index is 3.34. The lowest BCUT2D eigenvalue weighted by Crippen LogP contribution is -2.14. The first-order chi connectivity index (χ1) is 3.18. The topological polar surface area (TPSA) is 37.3 Å². The second-order valence-corrected chi connectivity index (χ2v) is 1.53. The summed E-state index contributed by atoms with van der Waals surface area (Å²) in [6.45, 7) is 3.15. The minimum atomic E-state index is -0.736.